The van der Waals surface area contributed by atoms with Gasteiger partial charge in [0.15, 0.2) is 6.61 Å². The first-order valence-corrected chi connectivity index (χ1v) is 8.33. The van der Waals surface area contributed by atoms with Crippen molar-refractivity contribution in [3.05, 3.63) is 58.1 Å². The van der Waals surface area contributed by atoms with Crippen molar-refractivity contribution < 1.29 is 19.1 Å². The van der Waals surface area contributed by atoms with E-state index in [1.807, 2.05) is 0 Å². The van der Waals surface area contributed by atoms with Crippen molar-refractivity contribution in [1.82, 2.24) is 0 Å². The van der Waals surface area contributed by atoms with Crippen LogP contribution in [0.4, 0.5) is 11.4 Å². The number of esters is 1. The van der Waals surface area contributed by atoms with Crippen LogP contribution < -0.4 is 10.6 Å². The number of anilines is 2. The molecule has 2 aromatic rings. The number of amides is 2. The molecule has 0 atom stereocenters. The lowest BCUT2D eigenvalue weighted by Gasteiger charge is -2.08. The fourth-order valence-electron chi connectivity index (χ4n) is 1.95. The summed E-state index contributed by atoms with van der Waals surface area (Å²) in [4.78, 5) is 35.1. The number of nitriles is 1. The van der Waals surface area contributed by atoms with Crippen molar-refractivity contribution in [1.29, 1.82) is 5.26 Å². The Balaban J connectivity index is 1.85. The summed E-state index contributed by atoms with van der Waals surface area (Å²) in [5.41, 5.74) is 1.06. The van der Waals surface area contributed by atoms with E-state index in [2.05, 4.69) is 10.6 Å². The van der Waals surface area contributed by atoms with Crippen molar-refractivity contribution in [3.8, 4) is 6.07 Å². The van der Waals surface area contributed by atoms with E-state index in [4.69, 9.17) is 33.2 Å². The van der Waals surface area contributed by atoms with Crippen LogP contribution in [-0.4, -0.2) is 24.4 Å². The van der Waals surface area contributed by atoms with Gasteiger partial charge in [-0.3, -0.25) is 9.59 Å². The maximum atomic E-state index is 12.0. The lowest BCUT2D eigenvalue weighted by atomic mass is 10.2. The number of nitrogens with one attached hydrogen (secondary N) is 2. The smallest absolute Gasteiger partial charge is 0.338 e. The molecule has 0 spiro atoms. The summed E-state index contributed by atoms with van der Waals surface area (Å²) in [6.07, 6.45) is -0.266. The monoisotopic (exact) mass is 405 g/mol. The summed E-state index contributed by atoms with van der Waals surface area (Å²) < 4.78 is 4.94. The molecule has 0 unspecified atom stereocenters. The van der Waals surface area contributed by atoms with Crippen LogP contribution in [0, 0.1) is 11.3 Å². The first-order chi connectivity index (χ1) is 12.9. The zero-order chi connectivity index (χ0) is 19.8. The Morgan fingerprint density at radius 1 is 0.926 bits per heavy atom. The minimum Gasteiger partial charge on any atom is -0.452 e. The summed E-state index contributed by atoms with van der Waals surface area (Å²) in [7, 11) is 0. The average molecular weight is 406 g/mol. The third-order valence-corrected chi connectivity index (χ3v) is 3.92. The van der Waals surface area contributed by atoms with E-state index in [0.717, 1.165) is 0 Å². The molecule has 2 N–H and O–H groups in total. The van der Waals surface area contributed by atoms with Gasteiger partial charge in [-0.05, 0) is 42.5 Å². The van der Waals surface area contributed by atoms with Crippen LogP contribution in [0.2, 0.25) is 10.0 Å². The van der Waals surface area contributed by atoms with Crippen LogP contribution in [0.1, 0.15) is 16.8 Å². The highest BCUT2D eigenvalue weighted by Gasteiger charge is 2.11. The van der Waals surface area contributed by atoms with Gasteiger partial charge in [0.1, 0.15) is 6.42 Å². The maximum Gasteiger partial charge on any atom is 0.338 e. The van der Waals surface area contributed by atoms with Gasteiger partial charge in [0.25, 0.3) is 5.91 Å². The molecule has 0 saturated heterocycles. The molecule has 138 valence electrons. The van der Waals surface area contributed by atoms with Crippen LogP contribution in [0.5, 0.6) is 0 Å². The van der Waals surface area contributed by atoms with Crippen LogP contribution in [0.25, 0.3) is 0 Å². The van der Waals surface area contributed by atoms with E-state index in [9.17, 15) is 14.4 Å². The topological polar surface area (TPSA) is 108 Å². The highest BCUT2D eigenvalue weighted by Crippen LogP contribution is 2.24. The summed E-state index contributed by atoms with van der Waals surface area (Å²) in [6, 6.07) is 12.1. The van der Waals surface area contributed by atoms with Gasteiger partial charge in [0, 0.05) is 11.4 Å². The molecule has 0 saturated carbocycles. The van der Waals surface area contributed by atoms with Gasteiger partial charge in [-0.25, -0.2) is 4.79 Å². The Labute approximate surface area is 164 Å². The zero-order valence-corrected chi connectivity index (χ0v) is 15.3. The minimum atomic E-state index is -0.700. The summed E-state index contributed by atoms with van der Waals surface area (Å²) >= 11 is 11.6. The molecule has 0 radical (unpaired) electrons. The molecular weight excluding hydrogens is 393 g/mol. The highest BCUT2D eigenvalue weighted by atomic mass is 35.5. The van der Waals surface area contributed by atoms with Crippen LogP contribution in [0.3, 0.4) is 0 Å². The Bertz CT molecular complexity index is 908. The number of hydrogen-bond acceptors (Lipinski definition) is 5. The second kappa shape index (κ2) is 9.57. The van der Waals surface area contributed by atoms with Gasteiger partial charge in [0.2, 0.25) is 5.91 Å². The Morgan fingerprint density at radius 2 is 1.56 bits per heavy atom. The Hall–Kier alpha value is -3.08. The lowest BCUT2D eigenvalue weighted by molar-refractivity contribution is -0.119. The third kappa shape index (κ3) is 6.29. The molecule has 2 amide bonds. The molecule has 0 aliphatic heterocycles. The fraction of sp³-hybridized carbons (Fsp3) is 0.111. The molecule has 0 fully saturated rings. The number of carbonyl (C=O) groups is 3. The van der Waals surface area contributed by atoms with Crippen molar-refractivity contribution in [2.75, 3.05) is 17.2 Å². The van der Waals surface area contributed by atoms with E-state index in [0.29, 0.717) is 16.4 Å². The minimum absolute atomic E-state index is 0.204. The van der Waals surface area contributed by atoms with E-state index >= 15 is 0 Å². The number of nitrogens with zero attached hydrogens (tertiary/aromatic N) is 1. The van der Waals surface area contributed by atoms with Crippen molar-refractivity contribution >= 4 is 52.4 Å². The highest BCUT2D eigenvalue weighted by molar-refractivity contribution is 6.42. The quantitative estimate of drug-likeness (QED) is 0.712. The molecular formula is C18H13Cl2N3O4. The van der Waals surface area contributed by atoms with Crippen molar-refractivity contribution in [3.63, 3.8) is 0 Å². The van der Waals surface area contributed by atoms with E-state index in [1.54, 1.807) is 12.1 Å². The molecule has 27 heavy (non-hydrogen) atoms. The summed E-state index contributed by atoms with van der Waals surface area (Å²) in [5, 5.41) is 14.1. The largest absolute Gasteiger partial charge is 0.452 e. The number of halogens is 2. The normalized spacial score (nSPS) is 9.81. The number of rotatable bonds is 6. The standard InChI is InChI=1S/C18H13Cl2N3O4/c19-14-6-5-13(9-15(14)20)23-17(25)10-27-18(26)11-1-3-12(4-2-11)22-16(24)7-8-21/h1-6,9H,7,10H2,(H,22,24)(H,23,25). The van der Waals surface area contributed by atoms with Crippen molar-refractivity contribution in [2.45, 2.75) is 6.42 Å². The van der Waals surface area contributed by atoms with Gasteiger partial charge >= 0.3 is 5.97 Å². The molecule has 2 rings (SSSR count). The van der Waals surface area contributed by atoms with Crippen LogP contribution in [-0.2, 0) is 14.3 Å². The second-order valence-corrected chi connectivity index (χ2v) is 6.03. The molecule has 2 aromatic carbocycles. The van der Waals surface area contributed by atoms with Gasteiger partial charge in [0.05, 0.1) is 21.7 Å². The SMILES string of the molecule is N#CCC(=O)Nc1ccc(C(=O)OCC(=O)Nc2ccc(Cl)c(Cl)c2)cc1. The number of benzene rings is 2. The molecule has 0 aliphatic carbocycles. The van der Waals surface area contributed by atoms with Gasteiger partial charge in [-0.2, -0.15) is 5.26 Å². The first-order valence-electron chi connectivity index (χ1n) is 7.58. The molecule has 0 aliphatic rings. The number of hydrogen-bond donors (Lipinski definition) is 2. The lowest BCUT2D eigenvalue weighted by Crippen LogP contribution is -2.21. The Kier molecular flexibility index (Phi) is 7.17. The van der Waals surface area contributed by atoms with Gasteiger partial charge in [-0.15, -0.1) is 0 Å². The first kappa shape index (κ1) is 20.2. The molecule has 0 aromatic heterocycles. The summed E-state index contributed by atoms with van der Waals surface area (Å²) in [6.45, 7) is -0.486. The average Bonchev–Trinajstić information content (AvgIpc) is 2.63. The van der Waals surface area contributed by atoms with Gasteiger partial charge in [-0.1, -0.05) is 23.2 Å². The zero-order valence-electron chi connectivity index (χ0n) is 13.8. The fourth-order valence-corrected chi connectivity index (χ4v) is 2.25. The maximum absolute atomic E-state index is 12.0. The molecule has 9 heteroatoms. The van der Waals surface area contributed by atoms with E-state index < -0.39 is 24.4 Å². The van der Waals surface area contributed by atoms with E-state index in [-0.39, 0.29) is 17.0 Å². The predicted molar refractivity (Wildman–Crippen MR) is 101 cm³/mol. The number of carbonyl (C=O) groups excluding carboxylic acids is 3. The van der Waals surface area contributed by atoms with Crippen LogP contribution in [0.15, 0.2) is 42.5 Å². The molecule has 7 nitrogen and oxygen atoms in total. The second-order valence-electron chi connectivity index (χ2n) is 5.21. The van der Waals surface area contributed by atoms with E-state index in [1.165, 1.54) is 36.4 Å². The molecule has 0 bridgehead atoms. The molecule has 0 heterocycles. The summed E-state index contributed by atoms with van der Waals surface area (Å²) in [5.74, 6) is -1.69. The third-order valence-electron chi connectivity index (χ3n) is 3.18. The van der Waals surface area contributed by atoms with Gasteiger partial charge < -0.3 is 15.4 Å². The Morgan fingerprint density at radius 3 is 2.19 bits per heavy atom. The van der Waals surface area contributed by atoms with Crippen LogP contribution >= 0.6 is 23.2 Å². The van der Waals surface area contributed by atoms with Crippen molar-refractivity contribution in [2.24, 2.45) is 0 Å². The predicted octanol–water partition coefficient (Wildman–Crippen LogP) is 3.64. The number of ether oxygens (including phenoxy) is 1.